The second kappa shape index (κ2) is 5.61. The highest BCUT2D eigenvalue weighted by molar-refractivity contribution is 4.48. The van der Waals surface area contributed by atoms with E-state index in [1.807, 2.05) is 0 Å². The zero-order valence-electron chi connectivity index (χ0n) is 6.54. The molecule has 10 heavy (non-hydrogen) atoms. The molecule has 0 bridgehead atoms. The predicted molar refractivity (Wildman–Crippen MR) is 39.4 cm³/mol. The van der Waals surface area contributed by atoms with Crippen molar-refractivity contribution < 1.29 is 10.2 Å². The summed E-state index contributed by atoms with van der Waals surface area (Å²) in [6.07, 6.45) is -0.439. The van der Waals surface area contributed by atoms with Crippen molar-refractivity contribution in [3.63, 3.8) is 0 Å². The van der Waals surface area contributed by atoms with Crippen LogP contribution in [0.3, 0.4) is 0 Å². The van der Waals surface area contributed by atoms with Crippen molar-refractivity contribution in [1.82, 2.24) is 10.2 Å². The highest BCUT2D eigenvalue weighted by Gasteiger charge is 2.01. The second-order valence-electron chi connectivity index (χ2n) is 2.27. The molecule has 1 atom stereocenters. The molecule has 4 heteroatoms. The largest absolute Gasteiger partial charge is 0.395 e. The number of hydrogen-bond donors (Lipinski definition) is 3. The molecule has 0 saturated carbocycles. The van der Waals surface area contributed by atoms with E-state index in [9.17, 15) is 0 Å². The van der Waals surface area contributed by atoms with Gasteiger partial charge >= 0.3 is 0 Å². The molecule has 0 aromatic heterocycles. The van der Waals surface area contributed by atoms with Crippen LogP contribution in [0, 0.1) is 0 Å². The molecule has 0 aliphatic rings. The fourth-order valence-corrected chi connectivity index (χ4v) is 0.467. The van der Waals surface area contributed by atoms with Gasteiger partial charge < -0.3 is 15.5 Å². The van der Waals surface area contributed by atoms with Crippen LogP contribution in [-0.2, 0) is 0 Å². The van der Waals surface area contributed by atoms with E-state index >= 15 is 0 Å². The van der Waals surface area contributed by atoms with Crippen molar-refractivity contribution in [2.45, 2.75) is 13.2 Å². The first-order chi connectivity index (χ1) is 4.68. The molecular formula is C6H16N2O2. The van der Waals surface area contributed by atoms with E-state index in [4.69, 9.17) is 10.2 Å². The summed E-state index contributed by atoms with van der Waals surface area (Å²) in [4.78, 5) is 1.73. The fraction of sp³-hybridized carbons (Fsp3) is 1.00. The van der Waals surface area contributed by atoms with Gasteiger partial charge in [-0.1, -0.05) is 0 Å². The van der Waals surface area contributed by atoms with Gasteiger partial charge in [-0.2, -0.15) is 0 Å². The maximum absolute atomic E-state index is 8.94. The topological polar surface area (TPSA) is 55.7 Å². The SMILES string of the molecule is CC(O)N(C)CNCCO. The number of nitrogens with one attached hydrogen (secondary N) is 1. The van der Waals surface area contributed by atoms with Gasteiger partial charge in [0.1, 0.15) is 6.23 Å². The maximum atomic E-state index is 8.94. The highest BCUT2D eigenvalue weighted by Crippen LogP contribution is 1.85. The predicted octanol–water partition coefficient (Wildman–Crippen LogP) is -1.20. The third-order valence-corrected chi connectivity index (χ3v) is 1.29. The molecule has 0 aliphatic carbocycles. The Balaban J connectivity index is 3.13. The summed E-state index contributed by atoms with van der Waals surface area (Å²) in [6, 6.07) is 0. The minimum atomic E-state index is -0.439. The first kappa shape index (κ1) is 9.84. The monoisotopic (exact) mass is 148 g/mol. The van der Waals surface area contributed by atoms with Crippen molar-refractivity contribution in [1.29, 1.82) is 0 Å². The van der Waals surface area contributed by atoms with Crippen molar-refractivity contribution in [3.8, 4) is 0 Å². The highest BCUT2D eigenvalue weighted by atomic mass is 16.3. The van der Waals surface area contributed by atoms with Gasteiger partial charge in [-0.25, -0.2) is 0 Å². The Kier molecular flexibility index (Phi) is 5.52. The van der Waals surface area contributed by atoms with Gasteiger partial charge in [0.15, 0.2) is 0 Å². The molecule has 0 fully saturated rings. The van der Waals surface area contributed by atoms with E-state index in [0.717, 1.165) is 0 Å². The Morgan fingerprint density at radius 3 is 2.60 bits per heavy atom. The van der Waals surface area contributed by atoms with Crippen LogP contribution in [-0.4, -0.2) is 48.2 Å². The van der Waals surface area contributed by atoms with Crippen LogP contribution in [0.15, 0.2) is 0 Å². The fourth-order valence-electron chi connectivity index (χ4n) is 0.467. The minimum Gasteiger partial charge on any atom is -0.395 e. The number of aliphatic hydroxyl groups is 2. The summed E-state index contributed by atoms with van der Waals surface area (Å²) in [7, 11) is 1.80. The summed E-state index contributed by atoms with van der Waals surface area (Å²) in [5.41, 5.74) is 0. The zero-order chi connectivity index (χ0) is 7.98. The van der Waals surface area contributed by atoms with E-state index in [-0.39, 0.29) is 6.61 Å². The lowest BCUT2D eigenvalue weighted by molar-refractivity contribution is 0.0322. The zero-order valence-corrected chi connectivity index (χ0v) is 6.54. The van der Waals surface area contributed by atoms with Crippen LogP contribution in [0.2, 0.25) is 0 Å². The molecular weight excluding hydrogens is 132 g/mol. The smallest absolute Gasteiger partial charge is 0.105 e. The summed E-state index contributed by atoms with van der Waals surface area (Å²) >= 11 is 0. The molecule has 0 aromatic carbocycles. The van der Waals surface area contributed by atoms with E-state index in [1.54, 1.807) is 18.9 Å². The van der Waals surface area contributed by atoms with Crippen LogP contribution in [0.25, 0.3) is 0 Å². The number of rotatable bonds is 5. The summed E-state index contributed by atoms with van der Waals surface area (Å²) in [5, 5.41) is 20.2. The van der Waals surface area contributed by atoms with Crippen LogP contribution in [0.4, 0.5) is 0 Å². The third-order valence-electron chi connectivity index (χ3n) is 1.29. The lowest BCUT2D eigenvalue weighted by Crippen LogP contribution is -2.38. The first-order valence-corrected chi connectivity index (χ1v) is 3.38. The van der Waals surface area contributed by atoms with Crippen molar-refractivity contribution >= 4 is 0 Å². The van der Waals surface area contributed by atoms with Gasteiger partial charge in [-0.3, -0.25) is 4.90 Å². The molecule has 0 rings (SSSR count). The van der Waals surface area contributed by atoms with Crippen molar-refractivity contribution in [3.05, 3.63) is 0 Å². The van der Waals surface area contributed by atoms with E-state index < -0.39 is 6.23 Å². The van der Waals surface area contributed by atoms with Crippen LogP contribution in [0.5, 0.6) is 0 Å². The van der Waals surface area contributed by atoms with E-state index in [1.165, 1.54) is 0 Å². The molecule has 1 unspecified atom stereocenters. The molecule has 4 nitrogen and oxygen atoms in total. The quantitative estimate of drug-likeness (QED) is 0.338. The molecule has 0 saturated heterocycles. The lowest BCUT2D eigenvalue weighted by Gasteiger charge is -2.19. The van der Waals surface area contributed by atoms with Gasteiger partial charge in [0.2, 0.25) is 0 Å². The second-order valence-corrected chi connectivity index (χ2v) is 2.27. The summed E-state index contributed by atoms with van der Waals surface area (Å²) in [5.74, 6) is 0. The average Bonchev–Trinajstić information content (AvgIpc) is 1.88. The Morgan fingerprint density at radius 2 is 2.20 bits per heavy atom. The standard InChI is InChI=1S/C6H16N2O2/c1-6(10)8(2)5-7-3-4-9/h6-7,9-10H,3-5H2,1-2H3. The Bertz CT molecular complexity index is 78.1. The average molecular weight is 148 g/mol. The first-order valence-electron chi connectivity index (χ1n) is 3.38. The molecule has 0 aliphatic heterocycles. The number of hydrogen-bond acceptors (Lipinski definition) is 4. The molecule has 0 radical (unpaired) electrons. The normalized spacial score (nSPS) is 14.1. The van der Waals surface area contributed by atoms with Gasteiger partial charge in [0.05, 0.1) is 13.3 Å². The molecule has 3 N–H and O–H groups in total. The van der Waals surface area contributed by atoms with Gasteiger partial charge in [0.25, 0.3) is 0 Å². The molecule has 0 heterocycles. The van der Waals surface area contributed by atoms with Crippen LogP contribution < -0.4 is 5.32 Å². The number of nitrogens with zero attached hydrogens (tertiary/aromatic N) is 1. The Morgan fingerprint density at radius 1 is 1.60 bits per heavy atom. The molecule has 0 spiro atoms. The van der Waals surface area contributed by atoms with E-state index in [2.05, 4.69) is 5.32 Å². The number of aliphatic hydroxyl groups excluding tert-OH is 2. The minimum absolute atomic E-state index is 0.133. The summed E-state index contributed by atoms with van der Waals surface area (Å²) < 4.78 is 0. The summed E-state index contributed by atoms with van der Waals surface area (Å²) in [6.45, 7) is 2.99. The molecule has 0 amide bonds. The molecule has 62 valence electrons. The van der Waals surface area contributed by atoms with Gasteiger partial charge in [-0.05, 0) is 14.0 Å². The van der Waals surface area contributed by atoms with Crippen LogP contribution >= 0.6 is 0 Å². The lowest BCUT2D eigenvalue weighted by atomic mass is 10.6. The molecule has 0 aromatic rings. The van der Waals surface area contributed by atoms with Crippen LogP contribution in [0.1, 0.15) is 6.92 Å². The van der Waals surface area contributed by atoms with Crippen molar-refractivity contribution in [2.75, 3.05) is 26.9 Å². The Labute approximate surface area is 61.5 Å². The third kappa shape index (κ3) is 4.69. The van der Waals surface area contributed by atoms with Crippen molar-refractivity contribution in [2.24, 2.45) is 0 Å². The van der Waals surface area contributed by atoms with Gasteiger partial charge in [0, 0.05) is 6.54 Å². The van der Waals surface area contributed by atoms with Gasteiger partial charge in [-0.15, -0.1) is 0 Å². The van der Waals surface area contributed by atoms with E-state index in [0.29, 0.717) is 13.2 Å². The Hall–Kier alpha value is -0.160. The maximum Gasteiger partial charge on any atom is 0.105 e.